The van der Waals surface area contributed by atoms with Crippen LogP contribution in [-0.2, 0) is 9.59 Å². The fourth-order valence-electron chi connectivity index (χ4n) is 3.00. The summed E-state index contributed by atoms with van der Waals surface area (Å²) in [6, 6.07) is 5.03. The SMILES string of the molecule is COc1ccc(Cl)cc1NC(=O)C[NH+](C)[C@@H](C)C(=O)NC1CCCC1. The van der Waals surface area contributed by atoms with Crippen LogP contribution in [0.4, 0.5) is 5.69 Å². The zero-order valence-corrected chi connectivity index (χ0v) is 15.8. The molecule has 1 saturated carbocycles. The molecule has 1 aromatic rings. The van der Waals surface area contributed by atoms with Crippen LogP contribution in [0.2, 0.25) is 5.02 Å². The maximum atomic E-state index is 12.3. The van der Waals surface area contributed by atoms with Gasteiger partial charge < -0.3 is 20.3 Å². The van der Waals surface area contributed by atoms with Crippen molar-refractivity contribution in [1.82, 2.24) is 5.32 Å². The molecule has 2 rings (SSSR count). The molecule has 1 aliphatic rings. The van der Waals surface area contributed by atoms with Gasteiger partial charge in [-0.25, -0.2) is 0 Å². The van der Waals surface area contributed by atoms with Gasteiger partial charge in [0.1, 0.15) is 5.75 Å². The van der Waals surface area contributed by atoms with E-state index in [1.165, 1.54) is 20.0 Å². The van der Waals surface area contributed by atoms with Gasteiger partial charge in [-0.2, -0.15) is 0 Å². The van der Waals surface area contributed by atoms with Gasteiger partial charge in [-0.3, -0.25) is 9.59 Å². The summed E-state index contributed by atoms with van der Waals surface area (Å²) in [5, 5.41) is 6.39. The molecule has 0 aliphatic heterocycles. The summed E-state index contributed by atoms with van der Waals surface area (Å²) in [6.07, 6.45) is 4.44. The van der Waals surface area contributed by atoms with Crippen molar-refractivity contribution in [3.05, 3.63) is 23.2 Å². The van der Waals surface area contributed by atoms with Crippen LogP contribution < -0.4 is 20.3 Å². The second-order valence-corrected chi connectivity index (χ2v) is 7.06. The Bertz CT molecular complexity index is 618. The van der Waals surface area contributed by atoms with Crippen LogP contribution in [0.25, 0.3) is 0 Å². The van der Waals surface area contributed by atoms with Gasteiger partial charge in [0.2, 0.25) is 0 Å². The minimum atomic E-state index is -0.299. The molecule has 0 spiro atoms. The maximum Gasteiger partial charge on any atom is 0.279 e. The van der Waals surface area contributed by atoms with Crippen molar-refractivity contribution >= 4 is 29.1 Å². The Hall–Kier alpha value is -1.79. The smallest absolute Gasteiger partial charge is 0.279 e. The number of methoxy groups -OCH3 is 1. The largest absolute Gasteiger partial charge is 0.495 e. The number of halogens is 1. The number of anilines is 1. The summed E-state index contributed by atoms with van der Waals surface area (Å²) in [7, 11) is 3.37. The quantitative estimate of drug-likeness (QED) is 0.678. The van der Waals surface area contributed by atoms with E-state index in [0.29, 0.717) is 16.5 Å². The highest BCUT2D eigenvalue weighted by Gasteiger charge is 2.27. The number of amides is 2. The average molecular weight is 369 g/mol. The van der Waals surface area contributed by atoms with Crippen LogP contribution in [0, 0.1) is 0 Å². The van der Waals surface area contributed by atoms with E-state index in [9.17, 15) is 9.59 Å². The average Bonchev–Trinajstić information content (AvgIpc) is 3.07. The number of hydrogen-bond acceptors (Lipinski definition) is 3. The molecule has 1 aromatic carbocycles. The minimum absolute atomic E-state index is 0.00228. The lowest BCUT2D eigenvalue weighted by molar-refractivity contribution is -0.885. The van der Waals surface area contributed by atoms with E-state index in [1.807, 2.05) is 14.0 Å². The number of carbonyl (C=O) groups excluding carboxylic acids is 2. The Balaban J connectivity index is 1.88. The summed E-state index contributed by atoms with van der Waals surface area (Å²) < 4.78 is 5.22. The third kappa shape index (κ3) is 5.61. The zero-order valence-electron chi connectivity index (χ0n) is 15.0. The fraction of sp³-hybridized carbons (Fsp3) is 0.556. The van der Waals surface area contributed by atoms with Crippen LogP contribution in [-0.4, -0.2) is 44.6 Å². The monoisotopic (exact) mass is 368 g/mol. The Kier molecular flexibility index (Phi) is 7.08. The summed E-state index contributed by atoms with van der Waals surface area (Å²) in [6.45, 7) is 2.02. The zero-order chi connectivity index (χ0) is 18.4. The van der Waals surface area contributed by atoms with E-state index < -0.39 is 0 Å². The highest BCUT2D eigenvalue weighted by Crippen LogP contribution is 2.27. The first-order valence-electron chi connectivity index (χ1n) is 8.66. The first-order valence-corrected chi connectivity index (χ1v) is 9.04. The van der Waals surface area contributed by atoms with Crippen LogP contribution in [0.3, 0.4) is 0 Å². The molecule has 2 amide bonds. The van der Waals surface area contributed by atoms with Crippen LogP contribution >= 0.6 is 11.6 Å². The number of quaternary nitrogens is 1. The molecule has 1 aliphatic carbocycles. The van der Waals surface area contributed by atoms with E-state index in [4.69, 9.17) is 16.3 Å². The van der Waals surface area contributed by atoms with E-state index in [1.54, 1.807) is 18.2 Å². The van der Waals surface area contributed by atoms with Gasteiger partial charge in [-0.15, -0.1) is 0 Å². The van der Waals surface area contributed by atoms with Gasteiger partial charge in [-0.1, -0.05) is 24.4 Å². The van der Waals surface area contributed by atoms with Crippen molar-refractivity contribution in [1.29, 1.82) is 0 Å². The summed E-state index contributed by atoms with van der Waals surface area (Å²) in [5.74, 6) is 0.346. The second-order valence-electron chi connectivity index (χ2n) is 6.63. The number of likely N-dealkylation sites (N-methyl/N-ethyl adjacent to an activating group) is 1. The molecule has 1 fully saturated rings. The second kappa shape index (κ2) is 9.06. The van der Waals surface area contributed by atoms with E-state index >= 15 is 0 Å². The minimum Gasteiger partial charge on any atom is -0.495 e. The van der Waals surface area contributed by atoms with Crippen LogP contribution in [0.15, 0.2) is 18.2 Å². The molecule has 1 unspecified atom stereocenters. The van der Waals surface area contributed by atoms with Crippen molar-refractivity contribution in [2.24, 2.45) is 0 Å². The van der Waals surface area contributed by atoms with E-state index in [0.717, 1.165) is 17.7 Å². The predicted octanol–water partition coefficient (Wildman–Crippen LogP) is 1.25. The molecule has 7 heteroatoms. The lowest BCUT2D eigenvalue weighted by Crippen LogP contribution is -3.15. The number of rotatable bonds is 7. The topological polar surface area (TPSA) is 71.9 Å². The van der Waals surface area contributed by atoms with Gasteiger partial charge in [0.15, 0.2) is 12.6 Å². The molecule has 2 atom stereocenters. The molecule has 0 bridgehead atoms. The molecule has 3 N–H and O–H groups in total. The van der Waals surface area contributed by atoms with Crippen LogP contribution in [0.1, 0.15) is 32.6 Å². The number of nitrogens with one attached hydrogen (secondary N) is 3. The summed E-state index contributed by atoms with van der Waals surface area (Å²) >= 11 is 5.97. The standard InChI is InChI=1S/C18H26ClN3O3/c1-12(18(24)20-14-6-4-5-7-14)22(2)11-17(23)21-15-10-13(19)8-9-16(15)25-3/h8-10,12,14H,4-7,11H2,1-3H3,(H,20,24)(H,21,23)/p+1/t12-/m0/s1. The molecule has 25 heavy (non-hydrogen) atoms. The first-order chi connectivity index (χ1) is 11.9. The van der Waals surface area contributed by atoms with Gasteiger partial charge >= 0.3 is 0 Å². The van der Waals surface area contributed by atoms with E-state index in [2.05, 4.69) is 10.6 Å². The molecule has 0 radical (unpaired) electrons. The summed E-state index contributed by atoms with van der Waals surface area (Å²) in [4.78, 5) is 25.5. The number of carbonyl (C=O) groups is 2. The molecular formula is C18H27ClN3O3+. The highest BCUT2D eigenvalue weighted by atomic mass is 35.5. The number of benzene rings is 1. The van der Waals surface area contributed by atoms with E-state index in [-0.39, 0.29) is 30.4 Å². The lowest BCUT2D eigenvalue weighted by Gasteiger charge is -2.22. The third-order valence-electron chi connectivity index (χ3n) is 4.71. The van der Waals surface area contributed by atoms with Gasteiger partial charge in [0.25, 0.3) is 11.8 Å². The van der Waals surface area contributed by atoms with Crippen molar-refractivity contribution in [2.45, 2.75) is 44.7 Å². The number of ether oxygens (including phenoxy) is 1. The fourth-order valence-corrected chi connectivity index (χ4v) is 3.17. The maximum absolute atomic E-state index is 12.3. The molecule has 138 valence electrons. The highest BCUT2D eigenvalue weighted by molar-refractivity contribution is 6.31. The van der Waals surface area contributed by atoms with Crippen molar-refractivity contribution in [2.75, 3.05) is 26.0 Å². The van der Waals surface area contributed by atoms with Crippen molar-refractivity contribution in [3.8, 4) is 5.75 Å². The van der Waals surface area contributed by atoms with Crippen LogP contribution in [0.5, 0.6) is 5.75 Å². The Morgan fingerprint density at radius 3 is 2.68 bits per heavy atom. The Morgan fingerprint density at radius 1 is 1.36 bits per heavy atom. The Morgan fingerprint density at radius 2 is 2.04 bits per heavy atom. The molecule has 6 nitrogen and oxygen atoms in total. The molecule has 0 saturated heterocycles. The first kappa shape index (κ1) is 19.5. The molecule has 0 heterocycles. The van der Waals surface area contributed by atoms with Gasteiger partial charge in [0, 0.05) is 11.1 Å². The molecular weight excluding hydrogens is 342 g/mol. The van der Waals surface area contributed by atoms with Crippen molar-refractivity contribution in [3.63, 3.8) is 0 Å². The number of hydrogen-bond donors (Lipinski definition) is 3. The molecule has 0 aromatic heterocycles. The van der Waals surface area contributed by atoms with Crippen molar-refractivity contribution < 1.29 is 19.2 Å². The lowest BCUT2D eigenvalue weighted by atomic mass is 10.2. The summed E-state index contributed by atoms with van der Waals surface area (Å²) in [5.41, 5.74) is 0.524. The normalized spacial score (nSPS) is 17.0. The van der Waals surface area contributed by atoms with Gasteiger partial charge in [-0.05, 0) is 38.0 Å². The Labute approximate surface area is 153 Å². The van der Waals surface area contributed by atoms with Gasteiger partial charge in [0.05, 0.1) is 19.8 Å². The predicted molar refractivity (Wildman–Crippen MR) is 98.2 cm³/mol. The third-order valence-corrected chi connectivity index (χ3v) is 4.94.